The van der Waals surface area contributed by atoms with E-state index in [1.807, 2.05) is 12.3 Å². The number of carbonyl (C=O) groups is 1. The molecule has 128 valence electrons. The molecule has 2 aromatic carbocycles. The van der Waals surface area contributed by atoms with Gasteiger partial charge in [-0.25, -0.2) is 4.39 Å². The second kappa shape index (κ2) is 7.42. The number of rotatable bonds is 4. The number of hydrogen-bond donors (Lipinski definition) is 0. The van der Waals surface area contributed by atoms with Gasteiger partial charge in [-0.1, -0.05) is 24.3 Å². The summed E-state index contributed by atoms with van der Waals surface area (Å²) >= 11 is 3.16. The van der Waals surface area contributed by atoms with Gasteiger partial charge in [-0.15, -0.1) is 23.1 Å². The summed E-state index contributed by atoms with van der Waals surface area (Å²) in [6, 6.07) is 16.6. The maximum absolute atomic E-state index is 13.3. The van der Waals surface area contributed by atoms with Crippen LogP contribution in [0.4, 0.5) is 4.39 Å². The summed E-state index contributed by atoms with van der Waals surface area (Å²) in [5, 5.41) is 0. The third-order valence-corrected chi connectivity index (χ3v) is 5.77. The fourth-order valence-electron chi connectivity index (χ4n) is 2.52. The number of carbonyl (C=O) groups excluding carboxylic acids is 1. The monoisotopic (exact) mass is 371 g/mol. The van der Waals surface area contributed by atoms with Crippen molar-refractivity contribution < 1.29 is 9.18 Å². The Bertz CT molecular complexity index is 883. The van der Waals surface area contributed by atoms with Crippen LogP contribution in [0.2, 0.25) is 0 Å². The van der Waals surface area contributed by atoms with Crippen LogP contribution in [0, 0.1) is 5.82 Å². The standard InChI is InChI=1S/C20H18FNOS2/c1-22(2)20(23)18-12-17(13-4-8-15(21)9-5-13)19(25-18)14-6-10-16(24-3)11-7-14/h4-12H,1-3H3. The predicted octanol–water partition coefficient (Wildman–Crippen LogP) is 5.64. The molecule has 1 amide bonds. The van der Waals surface area contributed by atoms with Crippen molar-refractivity contribution in [2.45, 2.75) is 4.90 Å². The lowest BCUT2D eigenvalue weighted by Crippen LogP contribution is -2.20. The Morgan fingerprint density at radius 1 is 1.00 bits per heavy atom. The highest BCUT2D eigenvalue weighted by molar-refractivity contribution is 7.98. The molecular formula is C20H18FNOS2. The minimum Gasteiger partial charge on any atom is -0.344 e. The molecule has 3 rings (SSSR count). The van der Waals surface area contributed by atoms with E-state index in [2.05, 4.69) is 24.3 Å². The maximum Gasteiger partial charge on any atom is 0.263 e. The summed E-state index contributed by atoms with van der Waals surface area (Å²) in [5.74, 6) is -0.296. The average molecular weight is 372 g/mol. The molecule has 0 fully saturated rings. The van der Waals surface area contributed by atoms with Crippen molar-refractivity contribution in [3.05, 3.63) is 65.3 Å². The Balaban J connectivity index is 2.13. The molecule has 25 heavy (non-hydrogen) atoms. The Kier molecular flexibility index (Phi) is 5.25. The minimum atomic E-state index is -0.269. The predicted molar refractivity (Wildman–Crippen MR) is 105 cm³/mol. The van der Waals surface area contributed by atoms with Crippen molar-refractivity contribution in [1.82, 2.24) is 4.90 Å². The Morgan fingerprint density at radius 3 is 2.16 bits per heavy atom. The third kappa shape index (κ3) is 3.78. The van der Waals surface area contributed by atoms with E-state index in [-0.39, 0.29) is 11.7 Å². The molecular weight excluding hydrogens is 353 g/mol. The van der Waals surface area contributed by atoms with Gasteiger partial charge in [-0.3, -0.25) is 4.79 Å². The topological polar surface area (TPSA) is 20.3 Å². The zero-order valence-corrected chi connectivity index (χ0v) is 15.9. The molecule has 0 aliphatic rings. The van der Waals surface area contributed by atoms with Gasteiger partial charge in [-0.05, 0) is 47.7 Å². The quantitative estimate of drug-likeness (QED) is 0.553. The Labute approximate surface area is 155 Å². The number of amides is 1. The molecule has 0 unspecified atom stereocenters. The third-order valence-electron chi connectivity index (χ3n) is 3.86. The molecule has 3 aromatic rings. The van der Waals surface area contributed by atoms with Crippen molar-refractivity contribution in [2.75, 3.05) is 20.4 Å². The number of hydrogen-bond acceptors (Lipinski definition) is 3. The fraction of sp³-hybridized carbons (Fsp3) is 0.150. The lowest BCUT2D eigenvalue weighted by Gasteiger charge is -2.07. The molecule has 0 radical (unpaired) electrons. The van der Waals surface area contributed by atoms with E-state index in [1.165, 1.54) is 28.4 Å². The fourth-order valence-corrected chi connectivity index (χ4v) is 4.13. The van der Waals surface area contributed by atoms with Crippen LogP contribution in [-0.2, 0) is 0 Å². The number of thioether (sulfide) groups is 1. The second-order valence-corrected chi connectivity index (χ2v) is 7.72. The molecule has 0 saturated carbocycles. The second-order valence-electron chi connectivity index (χ2n) is 5.79. The summed E-state index contributed by atoms with van der Waals surface area (Å²) in [6.45, 7) is 0. The van der Waals surface area contributed by atoms with E-state index in [9.17, 15) is 9.18 Å². The van der Waals surface area contributed by atoms with Crippen molar-refractivity contribution in [3.8, 4) is 21.6 Å². The van der Waals surface area contributed by atoms with Gasteiger partial charge in [0.25, 0.3) is 5.91 Å². The van der Waals surface area contributed by atoms with Crippen LogP contribution in [0.25, 0.3) is 21.6 Å². The van der Waals surface area contributed by atoms with Crippen LogP contribution in [-0.4, -0.2) is 31.2 Å². The van der Waals surface area contributed by atoms with Gasteiger partial charge in [-0.2, -0.15) is 0 Å². The first kappa shape index (κ1) is 17.7. The highest BCUT2D eigenvalue weighted by atomic mass is 32.2. The van der Waals surface area contributed by atoms with Gasteiger partial charge >= 0.3 is 0 Å². The molecule has 0 aliphatic heterocycles. The van der Waals surface area contributed by atoms with Crippen LogP contribution in [0.3, 0.4) is 0 Å². The molecule has 1 aromatic heterocycles. The summed E-state index contributed by atoms with van der Waals surface area (Å²) in [5.41, 5.74) is 2.91. The van der Waals surface area contributed by atoms with E-state index in [0.717, 1.165) is 21.6 Å². The summed E-state index contributed by atoms with van der Waals surface area (Å²) < 4.78 is 13.3. The molecule has 0 aliphatic carbocycles. The van der Waals surface area contributed by atoms with Crippen molar-refractivity contribution in [2.24, 2.45) is 0 Å². The number of nitrogens with zero attached hydrogens (tertiary/aromatic N) is 1. The Morgan fingerprint density at radius 2 is 1.60 bits per heavy atom. The zero-order chi connectivity index (χ0) is 18.0. The van der Waals surface area contributed by atoms with Crippen molar-refractivity contribution >= 4 is 29.0 Å². The molecule has 0 atom stereocenters. The molecule has 0 spiro atoms. The summed E-state index contributed by atoms with van der Waals surface area (Å²) in [7, 11) is 3.49. The van der Waals surface area contributed by atoms with E-state index in [4.69, 9.17) is 0 Å². The molecule has 5 heteroatoms. The first-order valence-corrected chi connectivity index (χ1v) is 9.79. The van der Waals surface area contributed by atoms with Crippen molar-refractivity contribution in [1.29, 1.82) is 0 Å². The van der Waals surface area contributed by atoms with Gasteiger partial charge in [0.1, 0.15) is 5.82 Å². The van der Waals surface area contributed by atoms with Crippen LogP contribution < -0.4 is 0 Å². The summed E-state index contributed by atoms with van der Waals surface area (Å²) in [4.78, 5) is 16.9. The zero-order valence-electron chi connectivity index (χ0n) is 14.2. The van der Waals surface area contributed by atoms with Gasteiger partial charge in [0.2, 0.25) is 0 Å². The van der Waals surface area contributed by atoms with Crippen LogP contribution >= 0.6 is 23.1 Å². The molecule has 1 heterocycles. The van der Waals surface area contributed by atoms with E-state index in [1.54, 1.807) is 42.9 Å². The van der Waals surface area contributed by atoms with E-state index in [0.29, 0.717) is 4.88 Å². The lowest BCUT2D eigenvalue weighted by molar-refractivity contribution is 0.0832. The minimum absolute atomic E-state index is 0.0275. The number of benzene rings is 2. The van der Waals surface area contributed by atoms with E-state index < -0.39 is 0 Å². The van der Waals surface area contributed by atoms with Gasteiger partial charge in [0.15, 0.2) is 0 Å². The molecule has 0 bridgehead atoms. The average Bonchev–Trinajstić information content (AvgIpc) is 3.07. The normalized spacial score (nSPS) is 10.7. The lowest BCUT2D eigenvalue weighted by atomic mass is 10.0. The molecule has 2 nitrogen and oxygen atoms in total. The van der Waals surface area contributed by atoms with Gasteiger partial charge < -0.3 is 4.90 Å². The smallest absolute Gasteiger partial charge is 0.263 e. The van der Waals surface area contributed by atoms with Crippen molar-refractivity contribution in [3.63, 3.8) is 0 Å². The highest BCUT2D eigenvalue weighted by Gasteiger charge is 2.18. The number of thiophene rings is 1. The Hall–Kier alpha value is -2.11. The number of halogens is 1. The SMILES string of the molecule is CSc1ccc(-c2sc(C(=O)N(C)C)cc2-c2ccc(F)cc2)cc1. The molecule has 0 saturated heterocycles. The first-order valence-electron chi connectivity index (χ1n) is 7.75. The van der Waals surface area contributed by atoms with Gasteiger partial charge in [0, 0.05) is 29.4 Å². The molecule has 0 N–H and O–H groups in total. The van der Waals surface area contributed by atoms with Crippen LogP contribution in [0.1, 0.15) is 9.67 Å². The summed E-state index contributed by atoms with van der Waals surface area (Å²) in [6.07, 6.45) is 2.04. The highest BCUT2D eigenvalue weighted by Crippen LogP contribution is 2.40. The maximum atomic E-state index is 13.3. The van der Waals surface area contributed by atoms with Gasteiger partial charge in [0.05, 0.1) is 4.88 Å². The first-order chi connectivity index (χ1) is 12.0. The van der Waals surface area contributed by atoms with Crippen LogP contribution in [0.5, 0.6) is 0 Å². The van der Waals surface area contributed by atoms with E-state index >= 15 is 0 Å². The van der Waals surface area contributed by atoms with Crippen LogP contribution in [0.15, 0.2) is 59.5 Å². The largest absolute Gasteiger partial charge is 0.344 e.